The molecule has 0 saturated carbocycles. The number of anilines is 1. The van der Waals surface area contributed by atoms with Crippen LogP contribution >= 0.6 is 15.9 Å². The van der Waals surface area contributed by atoms with Gasteiger partial charge in [0.1, 0.15) is 5.82 Å². The van der Waals surface area contributed by atoms with Crippen molar-refractivity contribution in [2.24, 2.45) is 0 Å². The molecule has 194 valence electrons. The van der Waals surface area contributed by atoms with Crippen LogP contribution in [-0.2, 0) is 17.8 Å². The van der Waals surface area contributed by atoms with Crippen LogP contribution in [0, 0.1) is 0 Å². The molecule has 0 spiro atoms. The van der Waals surface area contributed by atoms with Gasteiger partial charge in [-0.15, -0.1) is 0 Å². The van der Waals surface area contributed by atoms with E-state index < -0.39 is 6.10 Å². The van der Waals surface area contributed by atoms with Gasteiger partial charge in [-0.25, -0.2) is 4.98 Å². The zero-order valence-corrected chi connectivity index (χ0v) is 23.6. The third kappa shape index (κ3) is 7.27. The van der Waals surface area contributed by atoms with E-state index >= 15 is 0 Å². The smallest absolute Gasteiger partial charge is 0.273 e. The van der Waals surface area contributed by atoms with Crippen LogP contribution < -0.4 is 4.90 Å². The number of hydrogen-bond donors (Lipinski definition) is 1. The van der Waals surface area contributed by atoms with Crippen molar-refractivity contribution in [1.29, 1.82) is 0 Å². The van der Waals surface area contributed by atoms with Crippen molar-refractivity contribution in [2.45, 2.75) is 52.7 Å². The highest BCUT2D eigenvalue weighted by Crippen LogP contribution is 2.26. The van der Waals surface area contributed by atoms with Crippen LogP contribution in [-0.4, -0.2) is 53.0 Å². The number of nitrogens with zero attached hydrogens (tertiary/aromatic N) is 4. The summed E-state index contributed by atoms with van der Waals surface area (Å²) < 4.78 is 2.82. The number of carbonyl (C=O) groups is 2. The van der Waals surface area contributed by atoms with Gasteiger partial charge in [0.25, 0.3) is 5.91 Å². The molecule has 0 aliphatic carbocycles. The van der Waals surface area contributed by atoms with E-state index in [1.54, 1.807) is 21.1 Å². The summed E-state index contributed by atoms with van der Waals surface area (Å²) in [5, 5.41) is 10.5. The molecule has 36 heavy (non-hydrogen) atoms. The average Bonchev–Trinajstić information content (AvgIpc) is 3.21. The Morgan fingerprint density at radius 1 is 1.11 bits per heavy atom. The molecule has 1 atom stereocenters. The molecule has 0 radical (unpaired) electrons. The van der Waals surface area contributed by atoms with Crippen LogP contribution in [0.25, 0.3) is 0 Å². The molecule has 7 nitrogen and oxygen atoms in total. The Kier molecular flexibility index (Phi) is 11.3. The maximum atomic E-state index is 13.2. The molecule has 0 bridgehead atoms. The summed E-state index contributed by atoms with van der Waals surface area (Å²) in [6, 6.07) is 15.7. The molecule has 2 aromatic carbocycles. The Balaban J connectivity index is 0.00000222. The number of hydrogen-bond acceptors (Lipinski definition) is 4. The van der Waals surface area contributed by atoms with E-state index in [1.807, 2.05) is 73.9 Å². The minimum absolute atomic E-state index is 0.232. The summed E-state index contributed by atoms with van der Waals surface area (Å²) >= 11 is 3.51. The fraction of sp³-hybridized carbons (Fsp3) is 0.393. The van der Waals surface area contributed by atoms with Gasteiger partial charge in [-0.1, -0.05) is 79.5 Å². The Labute approximate surface area is 222 Å². The van der Waals surface area contributed by atoms with Gasteiger partial charge in [-0.05, 0) is 35.2 Å². The normalized spacial score (nSPS) is 11.3. The molecule has 1 N–H and O–H groups in total. The van der Waals surface area contributed by atoms with Crippen LogP contribution in [0.5, 0.6) is 0 Å². The van der Waals surface area contributed by atoms with Crippen molar-refractivity contribution in [3.8, 4) is 0 Å². The second-order valence-corrected chi connectivity index (χ2v) is 9.47. The van der Waals surface area contributed by atoms with Crippen molar-refractivity contribution in [3.63, 3.8) is 0 Å². The molecule has 0 saturated heterocycles. The second-order valence-electron chi connectivity index (χ2n) is 8.56. The van der Waals surface area contributed by atoms with Crippen LogP contribution in [0.1, 0.15) is 72.7 Å². The predicted molar refractivity (Wildman–Crippen MR) is 148 cm³/mol. The summed E-state index contributed by atoms with van der Waals surface area (Å²) in [5.41, 5.74) is 3.18. The maximum absolute atomic E-state index is 13.2. The first-order chi connectivity index (χ1) is 17.2. The highest BCUT2D eigenvalue weighted by Gasteiger charge is 2.27. The summed E-state index contributed by atoms with van der Waals surface area (Å²) in [5.74, 6) is 0.751. The van der Waals surface area contributed by atoms with Crippen molar-refractivity contribution in [1.82, 2.24) is 14.5 Å². The van der Waals surface area contributed by atoms with Gasteiger partial charge in [-0.2, -0.15) is 0 Å². The zero-order chi connectivity index (χ0) is 26.8. The van der Waals surface area contributed by atoms with Crippen molar-refractivity contribution in [2.75, 3.05) is 26.0 Å². The lowest BCUT2D eigenvalue weighted by Crippen LogP contribution is -2.28. The van der Waals surface area contributed by atoms with Gasteiger partial charge in [0, 0.05) is 38.6 Å². The van der Waals surface area contributed by atoms with Crippen LogP contribution in [0.3, 0.4) is 0 Å². The molecule has 3 rings (SSSR count). The van der Waals surface area contributed by atoms with Crippen molar-refractivity contribution < 1.29 is 14.7 Å². The number of aromatic nitrogens is 2. The standard InChI is InChI=1S/C26H31BrN4O3.C2H6/c1-5-8-22(33)20-11-6-9-18(13-20)15-23-28-25(30(4)17-32)24(26(34)29(2)3)31(23)16-19-10-7-12-21(27)14-19;1-2/h6-7,9-14,17,22,33H,5,8,15-16H2,1-4H3;1-2H3. The molecular weight excluding hydrogens is 520 g/mol. The SMILES string of the molecule is CC.CCCC(O)c1cccc(Cc2nc(N(C)C=O)c(C(=O)N(C)C)n2Cc2cccc(Br)c2)c1. The summed E-state index contributed by atoms with van der Waals surface area (Å²) in [6.45, 7) is 6.46. The fourth-order valence-corrected chi connectivity index (χ4v) is 4.31. The van der Waals surface area contributed by atoms with Gasteiger partial charge < -0.3 is 19.5 Å². The fourth-order valence-electron chi connectivity index (χ4n) is 3.86. The lowest BCUT2D eigenvalue weighted by molar-refractivity contribution is -0.107. The van der Waals surface area contributed by atoms with Crippen molar-refractivity contribution >= 4 is 34.1 Å². The number of benzene rings is 2. The summed E-state index contributed by atoms with van der Waals surface area (Å²) in [6.07, 6.45) is 2.16. The van der Waals surface area contributed by atoms with E-state index in [0.29, 0.717) is 43.1 Å². The van der Waals surface area contributed by atoms with E-state index in [9.17, 15) is 14.7 Å². The van der Waals surface area contributed by atoms with Gasteiger partial charge in [0.05, 0.1) is 6.10 Å². The summed E-state index contributed by atoms with van der Waals surface area (Å²) in [4.78, 5) is 32.4. The molecule has 1 unspecified atom stereocenters. The van der Waals surface area contributed by atoms with E-state index in [2.05, 4.69) is 15.9 Å². The van der Waals surface area contributed by atoms with E-state index in [-0.39, 0.29) is 5.91 Å². The Hall–Kier alpha value is -2.97. The van der Waals surface area contributed by atoms with E-state index in [4.69, 9.17) is 4.98 Å². The molecule has 3 aromatic rings. The second kappa shape index (κ2) is 13.9. The molecular formula is C28H37BrN4O3. The largest absolute Gasteiger partial charge is 0.388 e. The lowest BCUT2D eigenvalue weighted by Gasteiger charge is -2.17. The van der Waals surface area contributed by atoms with Crippen molar-refractivity contribution in [3.05, 3.63) is 81.2 Å². The molecule has 1 heterocycles. The first-order valence-corrected chi connectivity index (χ1v) is 13.0. The topological polar surface area (TPSA) is 78.7 Å². The maximum Gasteiger partial charge on any atom is 0.273 e. The Morgan fingerprint density at radius 3 is 2.39 bits per heavy atom. The van der Waals surface area contributed by atoms with Gasteiger partial charge in [0.2, 0.25) is 6.41 Å². The Morgan fingerprint density at radius 2 is 1.78 bits per heavy atom. The molecule has 2 amide bonds. The average molecular weight is 558 g/mol. The lowest BCUT2D eigenvalue weighted by atomic mass is 10.0. The first-order valence-electron chi connectivity index (χ1n) is 12.3. The minimum Gasteiger partial charge on any atom is -0.388 e. The third-order valence-corrected chi connectivity index (χ3v) is 6.11. The van der Waals surface area contributed by atoms with Gasteiger partial charge in [-0.3, -0.25) is 9.59 Å². The highest BCUT2D eigenvalue weighted by atomic mass is 79.9. The number of aliphatic hydroxyl groups excluding tert-OH is 1. The molecule has 0 fully saturated rings. The number of halogens is 1. The molecule has 8 heteroatoms. The van der Waals surface area contributed by atoms with E-state index in [1.165, 1.54) is 9.80 Å². The zero-order valence-electron chi connectivity index (χ0n) is 22.0. The highest BCUT2D eigenvalue weighted by molar-refractivity contribution is 9.10. The summed E-state index contributed by atoms with van der Waals surface area (Å²) in [7, 11) is 4.96. The van der Waals surface area contributed by atoms with Crippen LogP contribution in [0.4, 0.5) is 5.82 Å². The van der Waals surface area contributed by atoms with E-state index in [0.717, 1.165) is 27.6 Å². The number of carbonyl (C=O) groups excluding carboxylic acids is 2. The van der Waals surface area contributed by atoms with Crippen LogP contribution in [0.15, 0.2) is 53.0 Å². The quantitative estimate of drug-likeness (QED) is 0.337. The van der Waals surface area contributed by atoms with Gasteiger partial charge >= 0.3 is 0 Å². The Bertz CT molecular complexity index is 1160. The molecule has 1 aromatic heterocycles. The minimum atomic E-state index is -0.519. The van der Waals surface area contributed by atoms with Gasteiger partial charge in [0.15, 0.2) is 11.5 Å². The molecule has 0 aliphatic heterocycles. The molecule has 0 aliphatic rings. The first kappa shape index (κ1) is 29.3. The number of amides is 2. The number of aliphatic hydroxyl groups is 1. The third-order valence-electron chi connectivity index (χ3n) is 5.62. The number of rotatable bonds is 10. The predicted octanol–water partition coefficient (Wildman–Crippen LogP) is 5.44. The van der Waals surface area contributed by atoms with Crippen LogP contribution in [0.2, 0.25) is 0 Å². The number of imidazole rings is 1. The monoisotopic (exact) mass is 556 g/mol.